The zero-order valence-electron chi connectivity index (χ0n) is 20.2. The summed E-state index contributed by atoms with van der Waals surface area (Å²) in [6.45, 7) is 7.56. The highest BCUT2D eigenvalue weighted by Gasteiger charge is 2.53. The van der Waals surface area contributed by atoms with Gasteiger partial charge in [-0.05, 0) is 31.7 Å². The van der Waals surface area contributed by atoms with E-state index in [0.29, 0.717) is 25.7 Å². The number of rotatable bonds is 7. The zero-order chi connectivity index (χ0) is 23.3. The Morgan fingerprint density at radius 2 is 1.85 bits per heavy atom. The third-order valence-corrected chi connectivity index (χ3v) is 7.35. The number of hydrogen-bond donors (Lipinski definition) is 1. The van der Waals surface area contributed by atoms with Gasteiger partial charge >= 0.3 is 6.09 Å². The minimum absolute atomic E-state index is 0.206. The normalized spacial score (nSPS) is 27.4. The zero-order valence-corrected chi connectivity index (χ0v) is 20.2. The number of benzene rings is 1. The maximum absolute atomic E-state index is 13.4. The van der Waals surface area contributed by atoms with E-state index in [1.165, 1.54) is 32.1 Å². The second kappa shape index (κ2) is 11.2. The van der Waals surface area contributed by atoms with Crippen molar-refractivity contribution in [2.24, 2.45) is 5.92 Å². The summed E-state index contributed by atoms with van der Waals surface area (Å²) in [5.74, 6) is 0.545. The Bertz CT molecular complexity index is 746. The smallest absolute Gasteiger partial charge is 0.412 e. The Labute approximate surface area is 198 Å². The van der Waals surface area contributed by atoms with Gasteiger partial charge in [-0.2, -0.15) is 0 Å². The van der Waals surface area contributed by atoms with Crippen molar-refractivity contribution in [1.29, 1.82) is 0 Å². The van der Waals surface area contributed by atoms with Crippen molar-refractivity contribution in [3.05, 3.63) is 35.9 Å². The van der Waals surface area contributed by atoms with Crippen LogP contribution in [0.2, 0.25) is 0 Å². The minimum atomic E-state index is -0.843. The summed E-state index contributed by atoms with van der Waals surface area (Å²) >= 11 is 0. The largest absolute Gasteiger partial charge is 0.444 e. The van der Waals surface area contributed by atoms with Gasteiger partial charge in [0.15, 0.2) is 0 Å². The Morgan fingerprint density at radius 3 is 2.55 bits per heavy atom. The van der Waals surface area contributed by atoms with E-state index < -0.39 is 17.9 Å². The van der Waals surface area contributed by atoms with Crippen LogP contribution in [0.4, 0.5) is 4.79 Å². The van der Waals surface area contributed by atoms with Crippen LogP contribution in [0.25, 0.3) is 0 Å². The molecule has 0 bridgehead atoms. The third kappa shape index (κ3) is 6.27. The first kappa shape index (κ1) is 24.5. The van der Waals surface area contributed by atoms with Gasteiger partial charge in [-0.3, -0.25) is 9.80 Å². The molecule has 33 heavy (non-hydrogen) atoms. The van der Waals surface area contributed by atoms with Crippen molar-refractivity contribution in [2.75, 3.05) is 32.8 Å². The molecule has 7 heteroatoms. The average Bonchev–Trinajstić information content (AvgIpc) is 3.09. The van der Waals surface area contributed by atoms with Crippen molar-refractivity contribution < 1.29 is 24.1 Å². The number of β-amino-alcohol motifs (C(OH)–C–C–N with tert-alkyl or cyclic N) is 1. The van der Waals surface area contributed by atoms with E-state index in [1.54, 1.807) is 4.90 Å². The summed E-state index contributed by atoms with van der Waals surface area (Å²) in [6, 6.07) is 9.53. The van der Waals surface area contributed by atoms with Gasteiger partial charge in [-0.25, -0.2) is 4.79 Å². The number of amides is 1. The van der Waals surface area contributed by atoms with E-state index in [1.807, 2.05) is 44.2 Å². The van der Waals surface area contributed by atoms with E-state index >= 15 is 0 Å². The molecule has 3 atom stereocenters. The third-order valence-electron chi connectivity index (χ3n) is 7.35. The molecule has 4 rings (SSSR count). The monoisotopic (exact) mass is 460 g/mol. The lowest BCUT2D eigenvalue weighted by atomic mass is 9.82. The average molecular weight is 461 g/mol. The molecule has 3 aliphatic rings. The second-order valence-electron chi connectivity index (χ2n) is 10.2. The highest BCUT2D eigenvalue weighted by Crippen LogP contribution is 2.40. The Morgan fingerprint density at radius 1 is 1.15 bits per heavy atom. The molecule has 2 saturated heterocycles. The topological polar surface area (TPSA) is 71.5 Å². The summed E-state index contributed by atoms with van der Waals surface area (Å²) < 4.78 is 17.6. The molecule has 2 heterocycles. The fraction of sp³-hybridized carbons (Fsp3) is 0.731. The van der Waals surface area contributed by atoms with Crippen LogP contribution in [-0.2, 0) is 20.8 Å². The van der Waals surface area contributed by atoms with E-state index in [4.69, 9.17) is 14.2 Å². The summed E-state index contributed by atoms with van der Waals surface area (Å²) in [6.07, 6.45) is 5.47. The first-order valence-corrected chi connectivity index (χ1v) is 12.6. The van der Waals surface area contributed by atoms with E-state index in [2.05, 4.69) is 4.90 Å². The lowest BCUT2D eigenvalue weighted by Gasteiger charge is -2.36. The van der Waals surface area contributed by atoms with Gasteiger partial charge in [0.1, 0.15) is 18.4 Å². The highest BCUT2D eigenvalue weighted by atomic mass is 16.6. The number of hydrogen-bond acceptors (Lipinski definition) is 6. The Balaban J connectivity index is 1.49. The van der Waals surface area contributed by atoms with Crippen molar-refractivity contribution in [3.8, 4) is 0 Å². The van der Waals surface area contributed by atoms with Crippen LogP contribution >= 0.6 is 0 Å². The number of ether oxygens (including phenoxy) is 3. The molecule has 0 aromatic heterocycles. The molecule has 7 nitrogen and oxygen atoms in total. The number of carbonyl (C=O) groups is 1. The molecule has 2 aliphatic heterocycles. The predicted molar refractivity (Wildman–Crippen MR) is 126 cm³/mol. The number of aliphatic hydroxyl groups is 1. The SMILES string of the molecule is CC1(C)O[C@@H]([C@@H](O)CN2CCOCC2)[C@H](CC2CCCCC2)N1C(=O)OCc1ccccc1. The van der Waals surface area contributed by atoms with Gasteiger partial charge in [0.05, 0.1) is 25.4 Å². The molecule has 1 aliphatic carbocycles. The lowest BCUT2D eigenvalue weighted by Crippen LogP contribution is -2.51. The molecular weight excluding hydrogens is 420 g/mol. The van der Waals surface area contributed by atoms with Gasteiger partial charge in [-0.1, -0.05) is 62.4 Å². The van der Waals surface area contributed by atoms with Crippen molar-refractivity contribution >= 4 is 6.09 Å². The summed E-state index contributed by atoms with van der Waals surface area (Å²) in [5, 5.41) is 11.3. The quantitative estimate of drug-likeness (QED) is 0.668. The van der Waals surface area contributed by atoms with Crippen LogP contribution in [0.5, 0.6) is 0 Å². The van der Waals surface area contributed by atoms with Crippen LogP contribution in [0.3, 0.4) is 0 Å². The second-order valence-corrected chi connectivity index (χ2v) is 10.2. The molecule has 3 fully saturated rings. The van der Waals surface area contributed by atoms with Gasteiger partial charge in [-0.15, -0.1) is 0 Å². The Hall–Kier alpha value is -1.67. The van der Waals surface area contributed by atoms with Crippen LogP contribution in [0.15, 0.2) is 30.3 Å². The fourth-order valence-electron chi connectivity index (χ4n) is 5.65. The first-order chi connectivity index (χ1) is 15.9. The van der Waals surface area contributed by atoms with Crippen molar-refractivity contribution in [3.63, 3.8) is 0 Å². The molecule has 0 radical (unpaired) electrons. The molecular formula is C26H40N2O5. The van der Waals surface area contributed by atoms with Gasteiger partial charge in [0, 0.05) is 19.6 Å². The molecule has 1 aromatic rings. The molecule has 1 amide bonds. The Kier molecular flexibility index (Phi) is 8.28. The predicted octanol–water partition coefficient (Wildman–Crippen LogP) is 3.79. The first-order valence-electron chi connectivity index (χ1n) is 12.6. The summed E-state index contributed by atoms with van der Waals surface area (Å²) in [5.41, 5.74) is 0.112. The molecule has 0 unspecified atom stereocenters. The van der Waals surface area contributed by atoms with Crippen LogP contribution < -0.4 is 0 Å². The summed E-state index contributed by atoms with van der Waals surface area (Å²) in [7, 11) is 0. The van der Waals surface area contributed by atoms with Gasteiger partial charge < -0.3 is 19.3 Å². The van der Waals surface area contributed by atoms with Crippen molar-refractivity contribution in [1.82, 2.24) is 9.80 Å². The van der Waals surface area contributed by atoms with Crippen molar-refractivity contribution in [2.45, 2.75) is 83.0 Å². The van der Waals surface area contributed by atoms with Gasteiger partial charge in [0.2, 0.25) is 0 Å². The molecule has 184 valence electrons. The maximum atomic E-state index is 13.4. The van der Waals surface area contributed by atoms with Crippen LogP contribution in [-0.4, -0.2) is 77.8 Å². The van der Waals surface area contributed by atoms with E-state index in [9.17, 15) is 9.90 Å². The highest BCUT2D eigenvalue weighted by molar-refractivity contribution is 5.69. The molecule has 1 saturated carbocycles. The van der Waals surface area contributed by atoms with E-state index in [-0.39, 0.29) is 18.7 Å². The number of morpholine rings is 1. The number of nitrogens with zero attached hydrogens (tertiary/aromatic N) is 2. The van der Waals surface area contributed by atoms with Crippen LogP contribution in [0.1, 0.15) is 57.9 Å². The number of carbonyl (C=O) groups excluding carboxylic acids is 1. The fourth-order valence-corrected chi connectivity index (χ4v) is 5.65. The lowest BCUT2D eigenvalue weighted by molar-refractivity contribution is -0.107. The maximum Gasteiger partial charge on any atom is 0.412 e. The summed E-state index contributed by atoms with van der Waals surface area (Å²) in [4.78, 5) is 17.3. The standard InChI is InChI=1S/C26H40N2O5/c1-26(2)28(25(30)32-19-21-11-7-4-8-12-21)22(17-20-9-5-3-6-10-20)24(33-26)23(29)18-27-13-15-31-16-14-27/h4,7-8,11-12,20,22-24,29H,3,5-6,9-10,13-19H2,1-2H3/t22-,23-,24+/m0/s1. The molecule has 1 N–H and O–H groups in total. The van der Waals surface area contributed by atoms with Gasteiger partial charge in [0.25, 0.3) is 0 Å². The number of aliphatic hydroxyl groups excluding tert-OH is 1. The van der Waals surface area contributed by atoms with E-state index in [0.717, 1.165) is 25.1 Å². The molecule has 1 aromatic carbocycles. The molecule has 0 spiro atoms. The minimum Gasteiger partial charge on any atom is -0.444 e. The van der Waals surface area contributed by atoms with Crippen LogP contribution in [0, 0.1) is 5.92 Å².